The van der Waals surface area contributed by atoms with Crippen molar-refractivity contribution in [3.05, 3.63) is 79.4 Å². The predicted molar refractivity (Wildman–Crippen MR) is 126 cm³/mol. The molecule has 2 aromatic heterocycles. The van der Waals surface area contributed by atoms with Crippen molar-refractivity contribution in [1.82, 2.24) is 0 Å². The van der Waals surface area contributed by atoms with E-state index in [1.807, 2.05) is 0 Å². The number of hydrogen-bond acceptors (Lipinski definition) is 6. The first-order chi connectivity index (χ1) is 12.5. The average Bonchev–Trinajstić information content (AvgIpc) is 3.25. The van der Waals surface area contributed by atoms with E-state index >= 15 is 0 Å². The minimum atomic E-state index is 0.973. The molecule has 2 heterocycles. The van der Waals surface area contributed by atoms with E-state index in [9.17, 15) is 0 Å². The molecule has 0 radical (unpaired) electrons. The van der Waals surface area contributed by atoms with Crippen LogP contribution in [0, 0.1) is 21.5 Å². The van der Waals surface area contributed by atoms with Crippen molar-refractivity contribution in [2.75, 3.05) is 0 Å². The second-order valence-corrected chi connectivity index (χ2v) is 11.5. The molecule has 0 bridgehead atoms. The van der Waals surface area contributed by atoms with Crippen LogP contribution in [0.1, 0.15) is 11.1 Å². The van der Waals surface area contributed by atoms with E-state index in [-0.39, 0.29) is 0 Å². The Balaban J connectivity index is 0.000000151. The van der Waals surface area contributed by atoms with Crippen molar-refractivity contribution in [1.29, 1.82) is 0 Å². The molecule has 0 aliphatic heterocycles. The summed E-state index contributed by atoms with van der Waals surface area (Å²) in [5.41, 5.74) is 5.12. The maximum absolute atomic E-state index is 5.09. The van der Waals surface area contributed by atoms with Crippen molar-refractivity contribution in [2.45, 2.75) is 13.8 Å². The second kappa shape index (κ2) is 9.26. The Labute approximate surface area is 178 Å². The molecule has 26 heavy (non-hydrogen) atoms. The van der Waals surface area contributed by atoms with Crippen molar-refractivity contribution < 1.29 is 0 Å². The zero-order valence-corrected chi connectivity index (χ0v) is 19.1. The quantitative estimate of drug-likeness (QED) is 0.221. The summed E-state index contributed by atoms with van der Waals surface area (Å²) in [7, 11) is 6.81. The number of rotatable bonds is 2. The van der Waals surface area contributed by atoms with E-state index in [1.165, 1.54) is 32.0 Å². The molecule has 0 amide bonds. The Morgan fingerprint density at radius 1 is 0.538 bits per heavy atom. The molecule has 0 saturated heterocycles. The van der Waals surface area contributed by atoms with Crippen LogP contribution in [0.4, 0.5) is 0 Å². The summed E-state index contributed by atoms with van der Waals surface area (Å²) in [6.45, 7) is 4.19. The maximum atomic E-state index is 5.09. The highest BCUT2D eigenvalue weighted by molar-refractivity contribution is 7.80. The molecule has 0 saturated carbocycles. The lowest BCUT2D eigenvalue weighted by atomic mass is 10.1. The van der Waals surface area contributed by atoms with Crippen LogP contribution >= 0.6 is 65.8 Å². The Morgan fingerprint density at radius 2 is 0.885 bits per heavy atom. The Kier molecular flexibility index (Phi) is 7.03. The topological polar surface area (TPSA) is 0 Å². The van der Waals surface area contributed by atoms with Gasteiger partial charge in [0.1, 0.15) is 7.65 Å². The van der Waals surface area contributed by atoms with Crippen LogP contribution in [0.25, 0.3) is 20.9 Å². The summed E-state index contributed by atoms with van der Waals surface area (Å²) in [5, 5.41) is 0. The summed E-state index contributed by atoms with van der Waals surface area (Å²) < 4.78 is 1.95. The van der Waals surface area contributed by atoms with Crippen LogP contribution in [0.15, 0.2) is 60.7 Å². The molecule has 132 valence electrons. The van der Waals surface area contributed by atoms with Gasteiger partial charge in [-0.25, -0.2) is 0 Å². The van der Waals surface area contributed by atoms with Crippen LogP contribution in [0.5, 0.6) is 0 Å². The third kappa shape index (κ3) is 5.49. The minimum Gasteiger partial charge on any atom is -0.0786 e. The molecule has 0 aliphatic carbocycles. The average molecular weight is 449 g/mol. The molecule has 0 N–H and O–H groups in total. The van der Waals surface area contributed by atoms with Gasteiger partial charge in [0.2, 0.25) is 0 Å². The van der Waals surface area contributed by atoms with Gasteiger partial charge in [0.25, 0.3) is 0 Å². The monoisotopic (exact) mass is 448 g/mol. The minimum absolute atomic E-state index is 0.973. The van der Waals surface area contributed by atoms with Crippen LogP contribution in [0.3, 0.4) is 0 Å². The summed E-state index contributed by atoms with van der Waals surface area (Å²) in [4.78, 5) is 2.55. The lowest BCUT2D eigenvalue weighted by Crippen LogP contribution is -1.72. The molecule has 4 aromatic rings. The van der Waals surface area contributed by atoms with Gasteiger partial charge < -0.3 is 0 Å². The molecule has 2 aromatic carbocycles. The fraction of sp³-hybridized carbons (Fsp3) is 0.100. The van der Waals surface area contributed by atoms with E-state index in [4.69, 9.17) is 24.4 Å². The highest BCUT2D eigenvalue weighted by Crippen LogP contribution is 2.30. The molecule has 6 heteroatoms. The lowest BCUT2D eigenvalue weighted by molar-refractivity contribution is 1.48. The highest BCUT2D eigenvalue weighted by Gasteiger charge is 1.99. The van der Waals surface area contributed by atoms with Crippen LogP contribution < -0.4 is 0 Å². The Bertz CT molecular complexity index is 985. The SMILES string of the molecule is Cc1ccc(-c2cc(=S)ss2)cc1.Cc1ccc(-c2cc(=S)ss2)cc1. The van der Waals surface area contributed by atoms with Crippen molar-refractivity contribution in [3.63, 3.8) is 0 Å². The molecular formula is C20H16S6. The first-order valence-electron chi connectivity index (χ1n) is 7.86. The highest BCUT2D eigenvalue weighted by atomic mass is 32.9. The van der Waals surface area contributed by atoms with Crippen molar-refractivity contribution >= 4 is 65.8 Å². The van der Waals surface area contributed by atoms with Gasteiger partial charge in [-0.15, -0.1) is 0 Å². The smallest absolute Gasteiger partial charge is 0.0786 e. The number of benzene rings is 2. The van der Waals surface area contributed by atoms with E-state index < -0.39 is 0 Å². The molecule has 0 atom stereocenters. The molecule has 0 spiro atoms. The van der Waals surface area contributed by atoms with Crippen LogP contribution in [0.2, 0.25) is 0 Å². The van der Waals surface area contributed by atoms with Crippen molar-refractivity contribution in [2.24, 2.45) is 0 Å². The van der Waals surface area contributed by atoms with E-state index in [1.54, 1.807) is 41.4 Å². The van der Waals surface area contributed by atoms with Gasteiger partial charge >= 0.3 is 0 Å². The lowest BCUT2D eigenvalue weighted by Gasteiger charge is -1.96. The van der Waals surface area contributed by atoms with Gasteiger partial charge in [-0.3, -0.25) is 0 Å². The molecule has 0 aliphatic rings. The maximum Gasteiger partial charge on any atom is 0.102 e. The fourth-order valence-corrected chi connectivity index (χ4v) is 6.99. The molecule has 0 fully saturated rings. The van der Waals surface area contributed by atoms with E-state index in [2.05, 4.69) is 74.5 Å². The predicted octanol–water partition coefficient (Wildman–Crippen LogP) is 9.03. The third-order valence-corrected chi connectivity index (χ3v) is 9.42. The third-order valence-electron chi connectivity index (χ3n) is 3.60. The summed E-state index contributed by atoms with van der Waals surface area (Å²) in [6, 6.07) is 21.2. The van der Waals surface area contributed by atoms with Crippen LogP contribution in [-0.2, 0) is 0 Å². The van der Waals surface area contributed by atoms with Gasteiger partial charge in [-0.2, -0.15) is 0 Å². The number of hydrogen-bond donors (Lipinski definition) is 0. The van der Waals surface area contributed by atoms with Gasteiger partial charge in [-0.1, -0.05) is 125 Å². The molecule has 0 unspecified atom stereocenters. The van der Waals surface area contributed by atoms with Crippen molar-refractivity contribution in [3.8, 4) is 20.9 Å². The van der Waals surface area contributed by atoms with Gasteiger partial charge in [0.05, 0.1) is 0 Å². The zero-order valence-electron chi connectivity index (χ0n) is 14.2. The summed E-state index contributed by atoms with van der Waals surface area (Å²) in [5.74, 6) is 0. The van der Waals surface area contributed by atoms with Crippen LogP contribution in [-0.4, -0.2) is 0 Å². The Hall–Kier alpha value is -1.02. The number of aryl methyl sites for hydroxylation is 2. The second-order valence-electron chi connectivity index (χ2n) is 5.72. The largest absolute Gasteiger partial charge is 0.102 e. The summed E-state index contributed by atoms with van der Waals surface area (Å²) in [6.07, 6.45) is 0. The summed E-state index contributed by atoms with van der Waals surface area (Å²) >= 11 is 10.2. The first-order valence-corrected chi connectivity index (χ1v) is 13.0. The Morgan fingerprint density at radius 3 is 1.15 bits per heavy atom. The first kappa shape index (κ1) is 19.7. The molecular weight excluding hydrogens is 433 g/mol. The van der Waals surface area contributed by atoms with Gasteiger partial charge in [0, 0.05) is 9.75 Å². The van der Waals surface area contributed by atoms with E-state index in [0.717, 1.165) is 7.65 Å². The fourth-order valence-electron chi connectivity index (χ4n) is 2.18. The standard InChI is InChI=1S/2C10H8S3/c2*1-7-2-4-8(5-3-7)9-6-10(11)13-12-9/h2*2-6H,1H3. The normalized spacial score (nSPS) is 10.2. The van der Waals surface area contributed by atoms with Gasteiger partial charge in [-0.05, 0) is 37.1 Å². The molecule has 4 rings (SSSR count). The molecule has 0 nitrogen and oxygen atoms in total. The zero-order chi connectivity index (χ0) is 18.5. The van der Waals surface area contributed by atoms with Gasteiger partial charge in [0.15, 0.2) is 0 Å². The van der Waals surface area contributed by atoms with E-state index in [0.29, 0.717) is 0 Å².